The van der Waals surface area contributed by atoms with Gasteiger partial charge in [0.2, 0.25) is 12.1 Å². The maximum absolute atomic E-state index is 14.1. The van der Waals surface area contributed by atoms with Crippen LogP contribution in [0.3, 0.4) is 0 Å². The molecule has 2 aliphatic rings. The minimum Gasteiger partial charge on any atom is -0.377 e. The van der Waals surface area contributed by atoms with Crippen molar-refractivity contribution in [3.05, 3.63) is 34.6 Å². The first-order valence-electron chi connectivity index (χ1n) is 8.93. The summed E-state index contributed by atoms with van der Waals surface area (Å²) >= 11 is 0. The molecule has 0 N–H and O–H groups in total. The lowest BCUT2D eigenvalue weighted by atomic mass is 9.92. The molecule has 0 saturated carbocycles. The molecule has 1 unspecified atom stereocenters. The highest BCUT2D eigenvalue weighted by molar-refractivity contribution is 6.00. The quantitative estimate of drug-likeness (QED) is 0.575. The van der Waals surface area contributed by atoms with E-state index in [-0.39, 0.29) is 30.8 Å². The zero-order valence-electron chi connectivity index (χ0n) is 15.1. The monoisotopic (exact) mass is 390 g/mol. The molecular formula is C19H22F4O4. The molecular weight excluding hydrogens is 368 g/mol. The Labute approximate surface area is 154 Å². The summed E-state index contributed by atoms with van der Waals surface area (Å²) in [5.74, 6) is -2.08. The van der Waals surface area contributed by atoms with E-state index in [0.717, 1.165) is 25.0 Å². The van der Waals surface area contributed by atoms with E-state index in [0.29, 0.717) is 12.5 Å². The third-order valence-corrected chi connectivity index (χ3v) is 5.09. The number of ether oxygens (including phenoxy) is 3. The zero-order chi connectivity index (χ0) is 19.8. The number of hydrogen-bond acceptors (Lipinski definition) is 4. The van der Waals surface area contributed by atoms with Crippen molar-refractivity contribution in [2.24, 2.45) is 11.8 Å². The lowest BCUT2D eigenvalue weighted by Gasteiger charge is -2.36. The summed E-state index contributed by atoms with van der Waals surface area (Å²) in [6.07, 6.45) is -4.67. The van der Waals surface area contributed by atoms with Crippen LogP contribution in [0.2, 0.25) is 0 Å². The lowest BCUT2D eigenvalue weighted by molar-refractivity contribution is -0.201. The molecule has 0 radical (unpaired) electrons. The molecule has 150 valence electrons. The Balaban J connectivity index is 1.71. The van der Waals surface area contributed by atoms with Crippen molar-refractivity contribution < 1.29 is 36.6 Å². The highest BCUT2D eigenvalue weighted by atomic mass is 19.4. The number of rotatable bonds is 3. The molecule has 2 fully saturated rings. The second kappa shape index (κ2) is 7.85. The SMILES string of the molecule is Cc1ccc(C(=O)C2OCC([C@@H]3CCC(C)CO3)CO2)c(C(F)(F)F)c1F. The van der Waals surface area contributed by atoms with Gasteiger partial charge in [-0.2, -0.15) is 13.2 Å². The number of aryl methyl sites for hydroxylation is 1. The summed E-state index contributed by atoms with van der Waals surface area (Å²) in [6.45, 7) is 4.23. The van der Waals surface area contributed by atoms with E-state index in [1.54, 1.807) is 0 Å². The molecule has 0 bridgehead atoms. The molecule has 27 heavy (non-hydrogen) atoms. The fourth-order valence-electron chi connectivity index (χ4n) is 3.45. The van der Waals surface area contributed by atoms with E-state index in [9.17, 15) is 22.4 Å². The molecule has 0 aliphatic carbocycles. The molecule has 2 atom stereocenters. The van der Waals surface area contributed by atoms with Crippen LogP contribution in [0, 0.1) is 24.6 Å². The third-order valence-electron chi connectivity index (χ3n) is 5.09. The molecule has 8 heteroatoms. The molecule has 2 aliphatic heterocycles. The van der Waals surface area contributed by atoms with Crippen LogP contribution in [0.15, 0.2) is 12.1 Å². The number of ketones is 1. The molecule has 0 spiro atoms. The summed E-state index contributed by atoms with van der Waals surface area (Å²) in [5.41, 5.74) is -2.55. The molecule has 0 amide bonds. The molecule has 1 aromatic carbocycles. The van der Waals surface area contributed by atoms with E-state index in [1.807, 2.05) is 0 Å². The number of halogens is 4. The van der Waals surface area contributed by atoms with Crippen molar-refractivity contribution in [3.63, 3.8) is 0 Å². The van der Waals surface area contributed by atoms with Gasteiger partial charge in [-0.3, -0.25) is 4.79 Å². The van der Waals surface area contributed by atoms with Crippen LogP contribution < -0.4 is 0 Å². The van der Waals surface area contributed by atoms with Crippen molar-refractivity contribution in [1.29, 1.82) is 0 Å². The van der Waals surface area contributed by atoms with Crippen molar-refractivity contribution >= 4 is 5.78 Å². The Morgan fingerprint density at radius 3 is 2.30 bits per heavy atom. The molecule has 4 nitrogen and oxygen atoms in total. The first-order valence-corrected chi connectivity index (χ1v) is 8.93. The number of benzene rings is 1. The van der Waals surface area contributed by atoms with Gasteiger partial charge in [-0.15, -0.1) is 0 Å². The molecule has 2 saturated heterocycles. The molecule has 2 heterocycles. The Hall–Kier alpha value is -1.51. The molecule has 3 rings (SSSR count). The first-order chi connectivity index (χ1) is 12.7. The number of carbonyl (C=O) groups excluding carboxylic acids is 1. The average Bonchev–Trinajstić information content (AvgIpc) is 2.63. The van der Waals surface area contributed by atoms with Crippen LogP contribution in [0.4, 0.5) is 17.6 Å². The van der Waals surface area contributed by atoms with Crippen LogP contribution in [0.25, 0.3) is 0 Å². The Morgan fingerprint density at radius 2 is 1.74 bits per heavy atom. The van der Waals surface area contributed by atoms with Gasteiger partial charge in [0.25, 0.3) is 0 Å². The summed E-state index contributed by atoms with van der Waals surface area (Å²) in [7, 11) is 0. The van der Waals surface area contributed by atoms with Crippen molar-refractivity contribution in [1.82, 2.24) is 0 Å². The Morgan fingerprint density at radius 1 is 1.07 bits per heavy atom. The predicted molar refractivity (Wildman–Crippen MR) is 87.8 cm³/mol. The predicted octanol–water partition coefficient (Wildman–Crippen LogP) is 4.14. The Kier molecular flexibility index (Phi) is 5.88. The fraction of sp³-hybridized carbons (Fsp3) is 0.632. The van der Waals surface area contributed by atoms with Gasteiger partial charge in [0, 0.05) is 18.1 Å². The number of hydrogen-bond donors (Lipinski definition) is 0. The van der Waals surface area contributed by atoms with E-state index in [1.165, 1.54) is 6.92 Å². The highest BCUT2D eigenvalue weighted by Crippen LogP contribution is 2.36. The van der Waals surface area contributed by atoms with Crippen LogP contribution in [-0.2, 0) is 20.4 Å². The van der Waals surface area contributed by atoms with E-state index in [4.69, 9.17) is 14.2 Å². The highest BCUT2D eigenvalue weighted by Gasteiger charge is 2.42. The van der Waals surface area contributed by atoms with Gasteiger partial charge < -0.3 is 14.2 Å². The summed E-state index contributed by atoms with van der Waals surface area (Å²) < 4.78 is 70.4. The van der Waals surface area contributed by atoms with Gasteiger partial charge in [-0.1, -0.05) is 19.1 Å². The maximum atomic E-state index is 14.1. The van der Waals surface area contributed by atoms with Crippen molar-refractivity contribution in [3.8, 4) is 0 Å². The Bertz CT molecular complexity index is 688. The minimum absolute atomic E-state index is 0.0557. The second-order valence-corrected chi connectivity index (χ2v) is 7.29. The summed E-state index contributed by atoms with van der Waals surface area (Å²) in [4.78, 5) is 12.5. The van der Waals surface area contributed by atoms with Crippen molar-refractivity contribution in [2.75, 3.05) is 19.8 Å². The van der Waals surface area contributed by atoms with Gasteiger partial charge in [0.1, 0.15) is 11.4 Å². The number of carbonyl (C=O) groups is 1. The van der Waals surface area contributed by atoms with Gasteiger partial charge in [-0.25, -0.2) is 4.39 Å². The van der Waals surface area contributed by atoms with E-state index < -0.39 is 35.2 Å². The zero-order valence-corrected chi connectivity index (χ0v) is 15.1. The summed E-state index contributed by atoms with van der Waals surface area (Å²) in [6, 6.07) is 2.11. The van der Waals surface area contributed by atoms with Crippen molar-refractivity contribution in [2.45, 2.75) is 45.3 Å². The van der Waals surface area contributed by atoms with Crippen LogP contribution in [-0.4, -0.2) is 38.0 Å². The topological polar surface area (TPSA) is 44.8 Å². The number of Topliss-reactive ketones (excluding diaryl/α,β-unsaturated/α-hetero) is 1. The molecule has 0 aromatic heterocycles. The van der Waals surface area contributed by atoms with Crippen LogP contribution >= 0.6 is 0 Å². The normalized spacial score (nSPS) is 29.6. The molecule has 1 aromatic rings. The first kappa shape index (κ1) is 20.2. The largest absolute Gasteiger partial charge is 0.419 e. The minimum atomic E-state index is -5.00. The summed E-state index contributed by atoms with van der Waals surface area (Å²) in [5, 5.41) is 0. The standard InChI is InChI=1S/C19H22F4O4/c1-10-3-6-14(25-7-10)12-8-26-18(27-9-12)17(24)13-5-4-11(2)16(20)15(13)19(21,22)23/h4-5,10,12,14,18H,3,6-9H2,1-2H3/t10?,12?,14-,18?/m0/s1. The smallest absolute Gasteiger partial charge is 0.377 e. The second-order valence-electron chi connectivity index (χ2n) is 7.29. The van der Waals surface area contributed by atoms with E-state index in [2.05, 4.69) is 6.92 Å². The van der Waals surface area contributed by atoms with Gasteiger partial charge in [0.05, 0.1) is 19.3 Å². The lowest BCUT2D eigenvalue weighted by Crippen LogP contribution is -2.44. The number of alkyl halides is 3. The van der Waals surface area contributed by atoms with Gasteiger partial charge >= 0.3 is 6.18 Å². The third kappa shape index (κ3) is 4.33. The van der Waals surface area contributed by atoms with Crippen LogP contribution in [0.5, 0.6) is 0 Å². The van der Waals surface area contributed by atoms with Gasteiger partial charge in [0.15, 0.2) is 0 Å². The fourth-order valence-corrected chi connectivity index (χ4v) is 3.45. The van der Waals surface area contributed by atoms with E-state index >= 15 is 0 Å². The van der Waals surface area contributed by atoms with Gasteiger partial charge in [-0.05, 0) is 31.2 Å². The maximum Gasteiger partial charge on any atom is 0.419 e. The van der Waals surface area contributed by atoms with Crippen LogP contribution in [0.1, 0.15) is 41.3 Å². The average molecular weight is 390 g/mol.